The summed E-state index contributed by atoms with van der Waals surface area (Å²) in [7, 11) is 0. The highest BCUT2D eigenvalue weighted by Gasteiger charge is 2.06. The Bertz CT molecular complexity index is 757. The molecule has 0 aliphatic heterocycles. The van der Waals surface area contributed by atoms with Gasteiger partial charge in [-0.15, -0.1) is 0 Å². The molecule has 88 valence electrons. The van der Waals surface area contributed by atoms with E-state index in [-0.39, 0.29) is 0 Å². The molecular formula is C14H11N3S. The summed E-state index contributed by atoms with van der Waals surface area (Å²) in [5, 5.41) is 0. The predicted octanol–water partition coefficient (Wildman–Crippen LogP) is 3.62. The Labute approximate surface area is 109 Å². The van der Waals surface area contributed by atoms with Gasteiger partial charge in [-0.25, -0.2) is 0 Å². The number of H-pyrrole nitrogens is 1. The van der Waals surface area contributed by atoms with E-state index in [1.807, 2.05) is 53.2 Å². The second kappa shape index (κ2) is 4.58. The molecule has 0 bridgehead atoms. The maximum Gasteiger partial charge on any atom is 0.182 e. The first-order valence-electron chi connectivity index (χ1n) is 5.63. The minimum Gasteiger partial charge on any atom is -0.329 e. The normalized spacial score (nSPS) is 22.8. The van der Waals surface area contributed by atoms with Gasteiger partial charge in [-0.1, -0.05) is 30.4 Å². The fourth-order valence-corrected chi connectivity index (χ4v) is 2.23. The van der Waals surface area contributed by atoms with E-state index in [4.69, 9.17) is 12.2 Å². The number of allylic oxidation sites excluding steroid dienone is 8. The van der Waals surface area contributed by atoms with Gasteiger partial charge >= 0.3 is 0 Å². The molecule has 0 amide bonds. The van der Waals surface area contributed by atoms with Gasteiger partial charge in [0.05, 0.1) is 17.2 Å². The van der Waals surface area contributed by atoms with E-state index in [9.17, 15) is 0 Å². The topological polar surface area (TPSA) is 33.6 Å². The highest BCUT2D eigenvalue weighted by Crippen LogP contribution is 2.19. The molecule has 3 rings (SSSR count). The van der Waals surface area contributed by atoms with Crippen LogP contribution in [0.4, 0.5) is 0 Å². The predicted molar refractivity (Wildman–Crippen MR) is 76.6 cm³/mol. The Balaban J connectivity index is 2.26. The smallest absolute Gasteiger partial charge is 0.182 e. The van der Waals surface area contributed by atoms with Crippen molar-refractivity contribution in [1.82, 2.24) is 14.5 Å². The Morgan fingerprint density at radius 2 is 1.94 bits per heavy atom. The fraction of sp³-hybridized carbons (Fsp3) is 0. The molecule has 1 aliphatic carbocycles. The number of rotatable bonds is 1. The van der Waals surface area contributed by atoms with Gasteiger partial charge in [0, 0.05) is 11.9 Å². The van der Waals surface area contributed by atoms with Gasteiger partial charge in [-0.3, -0.25) is 9.55 Å². The van der Waals surface area contributed by atoms with Crippen molar-refractivity contribution in [2.75, 3.05) is 0 Å². The number of imidazole rings is 1. The Kier molecular flexibility index (Phi) is 2.78. The van der Waals surface area contributed by atoms with E-state index in [0.29, 0.717) is 4.77 Å². The van der Waals surface area contributed by atoms with Crippen molar-refractivity contribution in [3.63, 3.8) is 0 Å². The lowest BCUT2D eigenvalue weighted by molar-refractivity contribution is 1.10. The molecule has 0 aromatic carbocycles. The molecule has 2 aromatic heterocycles. The van der Waals surface area contributed by atoms with Gasteiger partial charge in [0.25, 0.3) is 0 Å². The van der Waals surface area contributed by atoms with Gasteiger partial charge in [-0.2, -0.15) is 0 Å². The number of pyridine rings is 1. The number of fused-ring (bicyclic) bond motifs is 1. The zero-order valence-corrected chi connectivity index (χ0v) is 10.4. The summed E-state index contributed by atoms with van der Waals surface area (Å²) in [6.45, 7) is 0. The molecule has 0 saturated carbocycles. The summed E-state index contributed by atoms with van der Waals surface area (Å²) in [6, 6.07) is 1.95. The van der Waals surface area contributed by atoms with Crippen LogP contribution in [0, 0.1) is 4.77 Å². The molecule has 0 fully saturated rings. The average molecular weight is 253 g/mol. The number of hydrogen-bond acceptors (Lipinski definition) is 2. The Hall–Kier alpha value is -2.20. The van der Waals surface area contributed by atoms with Crippen molar-refractivity contribution in [2.24, 2.45) is 0 Å². The van der Waals surface area contributed by atoms with Crippen LogP contribution >= 0.6 is 12.2 Å². The highest BCUT2D eigenvalue weighted by molar-refractivity contribution is 7.71. The van der Waals surface area contributed by atoms with Crippen molar-refractivity contribution >= 4 is 28.9 Å². The zero-order valence-electron chi connectivity index (χ0n) is 9.58. The van der Waals surface area contributed by atoms with Gasteiger partial charge in [0.2, 0.25) is 0 Å². The van der Waals surface area contributed by atoms with Crippen molar-refractivity contribution < 1.29 is 0 Å². The molecule has 1 N–H and O–H groups in total. The lowest BCUT2D eigenvalue weighted by Gasteiger charge is -2.05. The molecule has 3 nitrogen and oxygen atoms in total. The molecule has 0 radical (unpaired) electrons. The third-order valence-electron chi connectivity index (χ3n) is 2.72. The van der Waals surface area contributed by atoms with E-state index in [0.717, 1.165) is 16.7 Å². The minimum absolute atomic E-state index is 0.673. The van der Waals surface area contributed by atoms with Crippen LogP contribution in [0.1, 0.15) is 0 Å². The number of aromatic nitrogens is 3. The SMILES string of the molecule is S=c1[nH]c2cnccc2n1C1=C/C=C\C=C/C=C\1. The van der Waals surface area contributed by atoms with E-state index >= 15 is 0 Å². The van der Waals surface area contributed by atoms with E-state index < -0.39 is 0 Å². The summed E-state index contributed by atoms with van der Waals surface area (Å²) >= 11 is 5.37. The molecule has 0 spiro atoms. The third-order valence-corrected chi connectivity index (χ3v) is 3.00. The molecule has 1 aliphatic rings. The van der Waals surface area contributed by atoms with Crippen molar-refractivity contribution in [2.45, 2.75) is 0 Å². The first-order valence-corrected chi connectivity index (χ1v) is 6.04. The van der Waals surface area contributed by atoms with E-state index in [1.165, 1.54) is 0 Å². The second-order valence-electron chi connectivity index (χ2n) is 3.88. The van der Waals surface area contributed by atoms with Crippen LogP contribution in [-0.2, 0) is 0 Å². The molecule has 2 heterocycles. The lowest BCUT2D eigenvalue weighted by atomic mass is 10.2. The Morgan fingerprint density at radius 3 is 2.89 bits per heavy atom. The molecule has 2 aromatic rings. The standard InChI is InChI=1S/C14H11N3S/c18-14-16-12-10-15-9-8-13(12)17(14)11-6-4-2-1-3-5-7-11/h1-10H,(H,16,18)/b2-1-,3-1?,4-2?,5-3-,6-4-,7-5?,11-6?,11-7+. The first-order chi connectivity index (χ1) is 8.86. The molecule has 0 saturated heterocycles. The van der Waals surface area contributed by atoms with Crippen LogP contribution in [-0.4, -0.2) is 14.5 Å². The molecule has 18 heavy (non-hydrogen) atoms. The third kappa shape index (κ3) is 1.87. The lowest BCUT2D eigenvalue weighted by Crippen LogP contribution is -1.94. The van der Waals surface area contributed by atoms with Crippen LogP contribution in [0.2, 0.25) is 0 Å². The molecule has 0 unspecified atom stereocenters. The molecular weight excluding hydrogens is 242 g/mol. The summed E-state index contributed by atoms with van der Waals surface area (Å²) in [6.07, 6.45) is 17.6. The first kappa shape index (κ1) is 10.9. The fourth-order valence-electron chi connectivity index (χ4n) is 1.92. The number of nitrogens with zero attached hydrogens (tertiary/aromatic N) is 2. The number of hydrogen-bond donors (Lipinski definition) is 1. The average Bonchev–Trinajstić information content (AvgIpc) is 2.65. The quantitative estimate of drug-likeness (QED) is 0.787. The van der Waals surface area contributed by atoms with Crippen LogP contribution in [0.3, 0.4) is 0 Å². The van der Waals surface area contributed by atoms with Crippen LogP contribution in [0.25, 0.3) is 16.7 Å². The maximum absolute atomic E-state index is 5.37. The van der Waals surface area contributed by atoms with Crippen molar-refractivity contribution in [3.05, 3.63) is 65.8 Å². The summed E-state index contributed by atoms with van der Waals surface area (Å²) in [5.41, 5.74) is 3.00. The summed E-state index contributed by atoms with van der Waals surface area (Å²) in [5.74, 6) is 0. The number of aromatic amines is 1. The molecule has 0 atom stereocenters. The van der Waals surface area contributed by atoms with E-state index in [1.54, 1.807) is 12.4 Å². The monoisotopic (exact) mass is 253 g/mol. The van der Waals surface area contributed by atoms with Gasteiger partial charge in [0.15, 0.2) is 4.77 Å². The van der Waals surface area contributed by atoms with Gasteiger partial charge in [-0.05, 0) is 30.4 Å². The van der Waals surface area contributed by atoms with Crippen molar-refractivity contribution in [1.29, 1.82) is 0 Å². The van der Waals surface area contributed by atoms with Crippen LogP contribution in [0.15, 0.2) is 61.0 Å². The largest absolute Gasteiger partial charge is 0.329 e. The van der Waals surface area contributed by atoms with Crippen LogP contribution in [0.5, 0.6) is 0 Å². The van der Waals surface area contributed by atoms with Gasteiger partial charge < -0.3 is 4.98 Å². The summed E-state index contributed by atoms with van der Waals surface area (Å²) < 4.78 is 2.68. The number of nitrogens with one attached hydrogen (secondary N) is 1. The maximum atomic E-state index is 5.37. The van der Waals surface area contributed by atoms with Crippen molar-refractivity contribution in [3.8, 4) is 0 Å². The minimum atomic E-state index is 0.673. The summed E-state index contributed by atoms with van der Waals surface area (Å²) in [4.78, 5) is 7.25. The second-order valence-corrected chi connectivity index (χ2v) is 4.27. The Morgan fingerprint density at radius 1 is 1.11 bits per heavy atom. The highest BCUT2D eigenvalue weighted by atomic mass is 32.1. The van der Waals surface area contributed by atoms with Gasteiger partial charge in [0.1, 0.15) is 0 Å². The molecule has 4 heteroatoms. The van der Waals surface area contributed by atoms with Crippen LogP contribution < -0.4 is 0 Å². The zero-order chi connectivity index (χ0) is 12.4. The van der Waals surface area contributed by atoms with E-state index in [2.05, 4.69) is 9.97 Å².